The number of aromatic nitrogens is 2. The van der Waals surface area contributed by atoms with Crippen molar-refractivity contribution < 1.29 is 9.18 Å². The van der Waals surface area contributed by atoms with E-state index in [4.69, 9.17) is 0 Å². The molecular weight excluding hydrogens is 367 g/mol. The minimum absolute atomic E-state index is 0.137. The largest absolute Gasteiger partial charge is 0.349 e. The van der Waals surface area contributed by atoms with Gasteiger partial charge in [0.1, 0.15) is 5.82 Å². The molecule has 2 aliphatic rings. The van der Waals surface area contributed by atoms with Gasteiger partial charge in [-0.15, -0.1) is 0 Å². The molecule has 1 amide bonds. The van der Waals surface area contributed by atoms with E-state index in [0.29, 0.717) is 17.0 Å². The monoisotopic (exact) mass is 396 g/mol. The molecule has 6 heteroatoms. The number of likely N-dealkylation sites (tertiary alicyclic amines) is 1. The summed E-state index contributed by atoms with van der Waals surface area (Å²) in [6, 6.07) is 6.34. The number of rotatable bonds is 5. The second-order valence-corrected chi connectivity index (χ2v) is 8.36. The van der Waals surface area contributed by atoms with Crippen molar-refractivity contribution >= 4 is 5.91 Å². The average Bonchev–Trinajstić information content (AvgIpc) is 2.76. The van der Waals surface area contributed by atoms with Gasteiger partial charge in [0.15, 0.2) is 5.82 Å². The maximum Gasteiger partial charge on any atom is 0.254 e. The normalized spacial score (nSPS) is 19.2. The van der Waals surface area contributed by atoms with Crippen LogP contribution in [0, 0.1) is 11.7 Å². The number of amides is 1. The van der Waals surface area contributed by atoms with Gasteiger partial charge in [0.25, 0.3) is 5.91 Å². The number of carbonyl (C=O) groups is 1. The average molecular weight is 397 g/mol. The molecule has 1 aromatic carbocycles. The van der Waals surface area contributed by atoms with Crippen LogP contribution in [0.3, 0.4) is 0 Å². The van der Waals surface area contributed by atoms with Crippen LogP contribution in [0.2, 0.25) is 0 Å². The second-order valence-electron chi connectivity index (χ2n) is 8.36. The first-order valence-electron chi connectivity index (χ1n) is 10.8. The standard InChI is InChI=1S/C23H29FN4O/c24-20-8-4-7-18(13-20)22-25-14-19(15-26-22)23(29)27-21-9-11-28(12-10-21)16-17-5-2-1-3-6-17/h4,7-8,13-15,17,21H,1-3,5-6,9-12,16H2,(H,27,29). The van der Waals surface area contributed by atoms with Gasteiger partial charge in [-0.3, -0.25) is 4.79 Å². The summed E-state index contributed by atoms with van der Waals surface area (Å²) in [5.41, 5.74) is 1.04. The first kappa shape index (κ1) is 20.0. The Bertz CT molecular complexity index is 812. The van der Waals surface area contributed by atoms with Gasteiger partial charge in [-0.05, 0) is 43.7 Å². The van der Waals surface area contributed by atoms with Crippen LogP contribution in [0.15, 0.2) is 36.7 Å². The van der Waals surface area contributed by atoms with Crippen LogP contribution in [0.1, 0.15) is 55.3 Å². The molecule has 0 atom stereocenters. The van der Waals surface area contributed by atoms with Crippen LogP contribution in [-0.2, 0) is 0 Å². The van der Waals surface area contributed by atoms with E-state index in [-0.39, 0.29) is 17.8 Å². The van der Waals surface area contributed by atoms with E-state index in [1.54, 1.807) is 12.1 Å². The number of halogens is 1. The summed E-state index contributed by atoms with van der Waals surface area (Å²) in [6.45, 7) is 3.32. The van der Waals surface area contributed by atoms with Crippen molar-refractivity contribution in [2.24, 2.45) is 5.92 Å². The third-order valence-electron chi connectivity index (χ3n) is 6.16. The van der Waals surface area contributed by atoms with Gasteiger partial charge in [0, 0.05) is 43.6 Å². The van der Waals surface area contributed by atoms with Gasteiger partial charge in [0.2, 0.25) is 0 Å². The predicted octanol–water partition coefficient (Wildman–Crippen LogP) is 4.06. The van der Waals surface area contributed by atoms with Crippen molar-refractivity contribution in [2.45, 2.75) is 51.0 Å². The molecule has 2 heterocycles. The van der Waals surface area contributed by atoms with E-state index < -0.39 is 0 Å². The van der Waals surface area contributed by atoms with Crippen molar-refractivity contribution in [3.63, 3.8) is 0 Å². The van der Waals surface area contributed by atoms with E-state index in [2.05, 4.69) is 20.2 Å². The van der Waals surface area contributed by atoms with Gasteiger partial charge >= 0.3 is 0 Å². The molecule has 0 unspecified atom stereocenters. The maximum absolute atomic E-state index is 13.4. The van der Waals surface area contributed by atoms with Crippen molar-refractivity contribution in [1.82, 2.24) is 20.2 Å². The zero-order chi connectivity index (χ0) is 20.1. The van der Waals surface area contributed by atoms with Crippen molar-refractivity contribution in [3.8, 4) is 11.4 Å². The summed E-state index contributed by atoms with van der Waals surface area (Å²) < 4.78 is 13.4. The highest BCUT2D eigenvalue weighted by Gasteiger charge is 2.24. The molecule has 1 N–H and O–H groups in total. The molecular formula is C23H29FN4O. The lowest BCUT2D eigenvalue weighted by Crippen LogP contribution is -2.46. The number of hydrogen-bond donors (Lipinski definition) is 1. The first-order valence-corrected chi connectivity index (χ1v) is 10.8. The number of hydrogen-bond acceptors (Lipinski definition) is 4. The van der Waals surface area contributed by atoms with Crippen molar-refractivity contribution in [2.75, 3.05) is 19.6 Å². The molecule has 2 fully saturated rings. The highest BCUT2D eigenvalue weighted by Crippen LogP contribution is 2.25. The second kappa shape index (κ2) is 9.44. The lowest BCUT2D eigenvalue weighted by atomic mass is 9.88. The fourth-order valence-corrected chi connectivity index (χ4v) is 4.49. The molecule has 2 aromatic rings. The van der Waals surface area contributed by atoms with E-state index in [9.17, 15) is 9.18 Å². The number of benzene rings is 1. The molecule has 1 saturated carbocycles. The molecule has 4 rings (SSSR count). The Morgan fingerprint density at radius 3 is 2.48 bits per heavy atom. The van der Waals surface area contributed by atoms with Crippen molar-refractivity contribution in [1.29, 1.82) is 0 Å². The van der Waals surface area contributed by atoms with Gasteiger partial charge in [0.05, 0.1) is 5.56 Å². The topological polar surface area (TPSA) is 58.1 Å². The van der Waals surface area contributed by atoms with Crippen LogP contribution < -0.4 is 5.32 Å². The molecule has 0 spiro atoms. The van der Waals surface area contributed by atoms with Crippen LogP contribution in [0.4, 0.5) is 4.39 Å². The predicted molar refractivity (Wildman–Crippen MR) is 111 cm³/mol. The van der Waals surface area contributed by atoms with Crippen LogP contribution in [0.5, 0.6) is 0 Å². The molecule has 0 radical (unpaired) electrons. The van der Waals surface area contributed by atoms with Gasteiger partial charge in [-0.1, -0.05) is 31.4 Å². The number of piperidine rings is 1. The number of carbonyl (C=O) groups excluding carboxylic acids is 1. The Hall–Kier alpha value is -2.34. The smallest absolute Gasteiger partial charge is 0.254 e. The van der Waals surface area contributed by atoms with Gasteiger partial charge in [-0.2, -0.15) is 0 Å². The lowest BCUT2D eigenvalue weighted by Gasteiger charge is -2.35. The number of nitrogens with zero attached hydrogens (tertiary/aromatic N) is 3. The zero-order valence-corrected chi connectivity index (χ0v) is 16.8. The summed E-state index contributed by atoms with van der Waals surface area (Å²) in [6.07, 6.45) is 11.9. The minimum Gasteiger partial charge on any atom is -0.349 e. The fraction of sp³-hybridized carbons (Fsp3) is 0.522. The Morgan fingerprint density at radius 1 is 1.07 bits per heavy atom. The van der Waals surface area contributed by atoms with Crippen LogP contribution in [-0.4, -0.2) is 46.5 Å². The van der Waals surface area contributed by atoms with Gasteiger partial charge < -0.3 is 10.2 Å². The fourth-order valence-electron chi connectivity index (χ4n) is 4.49. The quantitative estimate of drug-likeness (QED) is 0.828. The summed E-state index contributed by atoms with van der Waals surface area (Å²) in [5.74, 6) is 0.810. The van der Waals surface area contributed by atoms with E-state index in [0.717, 1.165) is 31.8 Å². The van der Waals surface area contributed by atoms with E-state index in [1.165, 1.54) is 63.2 Å². The SMILES string of the molecule is O=C(NC1CCN(CC2CCCCC2)CC1)c1cnc(-c2cccc(F)c2)nc1. The van der Waals surface area contributed by atoms with Gasteiger partial charge in [-0.25, -0.2) is 14.4 Å². The Kier molecular flexibility index (Phi) is 6.49. The Morgan fingerprint density at radius 2 is 1.79 bits per heavy atom. The zero-order valence-electron chi connectivity index (χ0n) is 16.8. The molecule has 1 saturated heterocycles. The highest BCUT2D eigenvalue weighted by atomic mass is 19.1. The molecule has 5 nitrogen and oxygen atoms in total. The molecule has 1 aliphatic carbocycles. The molecule has 0 bridgehead atoms. The molecule has 154 valence electrons. The third kappa shape index (κ3) is 5.38. The first-order chi connectivity index (χ1) is 14.2. The van der Waals surface area contributed by atoms with E-state index in [1.807, 2.05) is 0 Å². The molecule has 1 aliphatic heterocycles. The maximum atomic E-state index is 13.4. The Balaban J connectivity index is 1.26. The Labute approximate surface area is 171 Å². The van der Waals surface area contributed by atoms with E-state index >= 15 is 0 Å². The number of nitrogens with one attached hydrogen (secondary N) is 1. The molecule has 1 aromatic heterocycles. The summed E-state index contributed by atoms with van der Waals surface area (Å²) in [4.78, 5) is 23.6. The highest BCUT2D eigenvalue weighted by molar-refractivity contribution is 5.93. The summed E-state index contributed by atoms with van der Waals surface area (Å²) in [7, 11) is 0. The summed E-state index contributed by atoms with van der Waals surface area (Å²) in [5, 5.41) is 3.12. The third-order valence-corrected chi connectivity index (χ3v) is 6.16. The summed E-state index contributed by atoms with van der Waals surface area (Å²) >= 11 is 0. The minimum atomic E-state index is -0.331. The van der Waals surface area contributed by atoms with Crippen molar-refractivity contribution in [3.05, 3.63) is 48.0 Å². The lowest BCUT2D eigenvalue weighted by molar-refractivity contribution is 0.0901. The van der Waals surface area contributed by atoms with Crippen LogP contribution >= 0.6 is 0 Å². The molecule has 29 heavy (non-hydrogen) atoms. The van der Waals surface area contributed by atoms with Crippen LogP contribution in [0.25, 0.3) is 11.4 Å².